The van der Waals surface area contributed by atoms with Crippen LogP contribution in [0.5, 0.6) is 0 Å². The predicted molar refractivity (Wildman–Crippen MR) is 77.3 cm³/mol. The first kappa shape index (κ1) is 15.2. The Hall–Kier alpha value is -2.18. The van der Waals surface area contributed by atoms with E-state index in [4.69, 9.17) is 21.8 Å². The fourth-order valence-corrected chi connectivity index (χ4v) is 2.07. The van der Waals surface area contributed by atoms with E-state index < -0.39 is 18.0 Å². The van der Waals surface area contributed by atoms with Crippen LogP contribution in [-0.2, 0) is 4.79 Å². The number of carboxylic acids is 1. The van der Waals surface area contributed by atoms with Gasteiger partial charge < -0.3 is 15.5 Å². The van der Waals surface area contributed by atoms with Gasteiger partial charge in [-0.3, -0.25) is 4.79 Å². The van der Waals surface area contributed by atoms with Crippen molar-refractivity contribution in [2.75, 3.05) is 6.54 Å². The van der Waals surface area contributed by atoms with Crippen molar-refractivity contribution in [3.8, 4) is 0 Å². The molecule has 1 aromatic carbocycles. The molecule has 6 nitrogen and oxygen atoms in total. The molecule has 1 aromatic heterocycles. The summed E-state index contributed by atoms with van der Waals surface area (Å²) in [7, 11) is 0. The van der Waals surface area contributed by atoms with Crippen molar-refractivity contribution in [2.45, 2.75) is 12.5 Å². The maximum atomic E-state index is 11.9. The SMILES string of the molecule is O=C(NCCC(O)C(=O)O)c1cc2ccccc2c(Cl)n1. The molecule has 3 N–H and O–H groups in total. The molecule has 7 heteroatoms. The lowest BCUT2D eigenvalue weighted by molar-refractivity contribution is -0.146. The van der Waals surface area contributed by atoms with Gasteiger partial charge in [-0.15, -0.1) is 0 Å². The standard InChI is InChI=1S/C14H13ClN2O4/c15-12-9-4-2-1-3-8(9)7-10(17-12)13(19)16-6-5-11(18)14(20)21/h1-4,7,11,18H,5-6H2,(H,16,19)(H,20,21). The van der Waals surface area contributed by atoms with Crippen LogP contribution in [0.3, 0.4) is 0 Å². The number of aromatic nitrogens is 1. The molecule has 1 amide bonds. The van der Waals surface area contributed by atoms with E-state index in [2.05, 4.69) is 10.3 Å². The van der Waals surface area contributed by atoms with Gasteiger partial charge in [-0.1, -0.05) is 35.9 Å². The van der Waals surface area contributed by atoms with Crippen LogP contribution in [0.4, 0.5) is 0 Å². The number of fused-ring (bicyclic) bond motifs is 1. The van der Waals surface area contributed by atoms with Crippen molar-refractivity contribution >= 4 is 34.2 Å². The summed E-state index contributed by atoms with van der Waals surface area (Å²) >= 11 is 6.02. The molecular formula is C14H13ClN2O4. The van der Waals surface area contributed by atoms with Crippen LogP contribution in [0.2, 0.25) is 5.15 Å². The van der Waals surface area contributed by atoms with Crippen molar-refractivity contribution in [3.05, 3.63) is 41.2 Å². The van der Waals surface area contributed by atoms with Crippen LogP contribution >= 0.6 is 11.6 Å². The Labute approximate surface area is 125 Å². The molecule has 0 aliphatic carbocycles. The monoisotopic (exact) mass is 308 g/mol. The molecule has 0 saturated heterocycles. The van der Waals surface area contributed by atoms with Gasteiger partial charge in [0, 0.05) is 18.4 Å². The number of carbonyl (C=O) groups is 2. The molecule has 1 atom stereocenters. The molecule has 2 aromatic rings. The third kappa shape index (κ3) is 3.68. The number of aliphatic hydroxyl groups is 1. The van der Waals surface area contributed by atoms with Crippen LogP contribution in [0.15, 0.2) is 30.3 Å². The molecule has 0 aliphatic rings. The Bertz CT molecular complexity index is 690. The zero-order chi connectivity index (χ0) is 15.4. The van der Waals surface area contributed by atoms with Gasteiger partial charge >= 0.3 is 5.97 Å². The number of pyridine rings is 1. The minimum Gasteiger partial charge on any atom is -0.479 e. The van der Waals surface area contributed by atoms with Crippen molar-refractivity contribution < 1.29 is 19.8 Å². The number of benzene rings is 1. The number of nitrogens with zero attached hydrogens (tertiary/aromatic N) is 1. The molecule has 0 fully saturated rings. The first-order valence-electron chi connectivity index (χ1n) is 6.23. The third-order valence-electron chi connectivity index (χ3n) is 2.91. The van der Waals surface area contributed by atoms with Gasteiger partial charge in [0.25, 0.3) is 5.91 Å². The van der Waals surface area contributed by atoms with Gasteiger partial charge in [0.1, 0.15) is 10.8 Å². The van der Waals surface area contributed by atoms with E-state index >= 15 is 0 Å². The normalized spacial score (nSPS) is 12.1. The smallest absolute Gasteiger partial charge is 0.332 e. The molecule has 0 bridgehead atoms. The van der Waals surface area contributed by atoms with Crippen LogP contribution in [0.1, 0.15) is 16.9 Å². The number of hydrogen-bond acceptors (Lipinski definition) is 4. The summed E-state index contributed by atoms with van der Waals surface area (Å²) in [6.45, 7) is 0.0262. The third-order valence-corrected chi connectivity index (χ3v) is 3.20. The summed E-state index contributed by atoms with van der Waals surface area (Å²) in [6, 6.07) is 8.86. The molecule has 0 aliphatic heterocycles. The number of hydrogen-bond donors (Lipinski definition) is 3. The molecule has 1 heterocycles. The number of nitrogens with one attached hydrogen (secondary N) is 1. The molecule has 2 rings (SSSR count). The summed E-state index contributed by atoms with van der Waals surface area (Å²) in [4.78, 5) is 26.4. The van der Waals surface area contributed by atoms with Crippen LogP contribution < -0.4 is 5.32 Å². The summed E-state index contributed by atoms with van der Waals surface area (Å²) in [5.74, 6) is -1.80. The molecule has 0 saturated carbocycles. The molecule has 1 unspecified atom stereocenters. The Morgan fingerprint density at radius 1 is 1.33 bits per heavy atom. The highest BCUT2D eigenvalue weighted by Crippen LogP contribution is 2.22. The van der Waals surface area contributed by atoms with E-state index in [1.54, 1.807) is 12.1 Å². The lowest BCUT2D eigenvalue weighted by Gasteiger charge is -2.08. The van der Waals surface area contributed by atoms with Gasteiger partial charge in [0.15, 0.2) is 6.10 Å². The number of halogens is 1. The van der Waals surface area contributed by atoms with Crippen LogP contribution in [0.25, 0.3) is 10.8 Å². The van der Waals surface area contributed by atoms with Gasteiger partial charge in [0.2, 0.25) is 0 Å². The number of amides is 1. The minimum atomic E-state index is -1.50. The fraction of sp³-hybridized carbons (Fsp3) is 0.214. The van der Waals surface area contributed by atoms with E-state index in [9.17, 15) is 9.59 Å². The lowest BCUT2D eigenvalue weighted by atomic mass is 10.1. The molecule has 0 radical (unpaired) electrons. The van der Waals surface area contributed by atoms with Crippen molar-refractivity contribution in [2.24, 2.45) is 0 Å². The molecular weight excluding hydrogens is 296 g/mol. The van der Waals surface area contributed by atoms with Crippen LogP contribution in [0, 0.1) is 0 Å². The van der Waals surface area contributed by atoms with Crippen molar-refractivity contribution in [1.29, 1.82) is 0 Å². The maximum Gasteiger partial charge on any atom is 0.332 e. The lowest BCUT2D eigenvalue weighted by Crippen LogP contribution is -2.30. The Balaban J connectivity index is 2.08. The summed E-state index contributed by atoms with van der Waals surface area (Å²) in [5.41, 5.74) is 0.142. The highest BCUT2D eigenvalue weighted by molar-refractivity contribution is 6.34. The first-order valence-corrected chi connectivity index (χ1v) is 6.61. The van der Waals surface area contributed by atoms with E-state index in [-0.39, 0.29) is 23.8 Å². The number of carboxylic acid groups (broad SMARTS) is 1. The Kier molecular flexibility index (Phi) is 4.72. The van der Waals surface area contributed by atoms with Crippen molar-refractivity contribution in [1.82, 2.24) is 10.3 Å². The zero-order valence-corrected chi connectivity index (χ0v) is 11.7. The van der Waals surface area contributed by atoms with Gasteiger partial charge in [-0.2, -0.15) is 0 Å². The maximum absolute atomic E-state index is 11.9. The summed E-state index contributed by atoms with van der Waals surface area (Å²) in [6.07, 6.45) is -1.58. The zero-order valence-electron chi connectivity index (χ0n) is 10.9. The Morgan fingerprint density at radius 3 is 2.76 bits per heavy atom. The molecule has 21 heavy (non-hydrogen) atoms. The molecule has 110 valence electrons. The van der Waals surface area contributed by atoms with Gasteiger partial charge in [0.05, 0.1) is 0 Å². The average Bonchev–Trinajstić information content (AvgIpc) is 2.46. The predicted octanol–water partition coefficient (Wildman–Crippen LogP) is 1.45. The largest absolute Gasteiger partial charge is 0.479 e. The number of aliphatic hydroxyl groups excluding tert-OH is 1. The van der Waals surface area contributed by atoms with E-state index in [1.807, 2.05) is 18.2 Å². The number of rotatable bonds is 5. The summed E-state index contributed by atoms with van der Waals surface area (Å²) < 4.78 is 0. The highest BCUT2D eigenvalue weighted by Gasteiger charge is 2.14. The van der Waals surface area contributed by atoms with E-state index in [0.717, 1.165) is 10.8 Å². The van der Waals surface area contributed by atoms with Gasteiger partial charge in [-0.25, -0.2) is 9.78 Å². The second kappa shape index (κ2) is 6.51. The topological polar surface area (TPSA) is 99.5 Å². The number of carbonyl (C=O) groups excluding carboxylic acids is 1. The second-order valence-electron chi connectivity index (χ2n) is 4.42. The Morgan fingerprint density at radius 2 is 2.05 bits per heavy atom. The van der Waals surface area contributed by atoms with Gasteiger partial charge in [-0.05, 0) is 11.5 Å². The second-order valence-corrected chi connectivity index (χ2v) is 4.78. The van der Waals surface area contributed by atoms with E-state index in [0.29, 0.717) is 0 Å². The fourth-order valence-electron chi connectivity index (χ4n) is 1.81. The highest BCUT2D eigenvalue weighted by atomic mass is 35.5. The molecule has 0 spiro atoms. The van der Waals surface area contributed by atoms with Crippen LogP contribution in [-0.4, -0.2) is 39.7 Å². The average molecular weight is 309 g/mol. The first-order chi connectivity index (χ1) is 9.99. The minimum absolute atomic E-state index is 0.0262. The van der Waals surface area contributed by atoms with E-state index in [1.165, 1.54) is 0 Å². The summed E-state index contributed by atoms with van der Waals surface area (Å²) in [5, 5.41) is 21.9. The van der Waals surface area contributed by atoms with Crippen molar-refractivity contribution in [3.63, 3.8) is 0 Å². The quantitative estimate of drug-likeness (QED) is 0.726. The number of aliphatic carboxylic acids is 1.